The van der Waals surface area contributed by atoms with Crippen molar-refractivity contribution in [2.75, 3.05) is 0 Å². The number of fused-ring (bicyclic) bond motifs is 1. The van der Waals surface area contributed by atoms with Crippen LogP contribution < -0.4 is 9.46 Å². The average Bonchev–Trinajstić information content (AvgIpc) is 3.28. The Morgan fingerprint density at radius 2 is 1.61 bits per heavy atom. The Kier molecular flexibility index (Phi) is 6.13. The Morgan fingerprint density at radius 1 is 0.903 bits per heavy atom. The number of hydrogen-bond acceptors (Lipinski definition) is 5. The molecular formula is C19H10Cl4N2O4S2. The highest BCUT2D eigenvalue weighted by atomic mass is 35.5. The molecule has 0 aliphatic carbocycles. The maximum absolute atomic E-state index is 12.5. The van der Waals surface area contributed by atoms with Gasteiger partial charge in [0, 0.05) is 17.0 Å². The summed E-state index contributed by atoms with van der Waals surface area (Å²) in [5.74, 6) is 0.151. The molecule has 2 aromatic carbocycles. The van der Waals surface area contributed by atoms with Gasteiger partial charge in [-0.25, -0.2) is 13.1 Å². The molecule has 0 saturated heterocycles. The Morgan fingerprint density at radius 3 is 2.29 bits per heavy atom. The van der Waals surface area contributed by atoms with Crippen LogP contribution in [0.15, 0.2) is 52.7 Å². The molecule has 0 radical (unpaired) electrons. The summed E-state index contributed by atoms with van der Waals surface area (Å²) in [5.41, 5.74) is 0.672. The molecular weight excluding hydrogens is 526 g/mol. The first kappa shape index (κ1) is 22.3. The fraction of sp³-hybridized carbons (Fsp3) is 0. The van der Waals surface area contributed by atoms with Crippen LogP contribution in [0.5, 0.6) is 11.5 Å². The zero-order valence-electron chi connectivity index (χ0n) is 15.1. The summed E-state index contributed by atoms with van der Waals surface area (Å²) in [4.78, 5) is 15.4. The number of H-pyrrole nitrogens is 1. The van der Waals surface area contributed by atoms with Gasteiger partial charge in [-0.05, 0) is 42.5 Å². The fourth-order valence-corrected chi connectivity index (χ4v) is 5.79. The third-order valence-corrected chi connectivity index (χ3v) is 8.49. The summed E-state index contributed by atoms with van der Waals surface area (Å²) in [5, 5.41) is 1.50. The van der Waals surface area contributed by atoms with E-state index < -0.39 is 15.9 Å². The van der Waals surface area contributed by atoms with Crippen LogP contribution in [0, 0.1) is 0 Å². The van der Waals surface area contributed by atoms with Gasteiger partial charge in [-0.1, -0.05) is 46.4 Å². The molecule has 12 heteroatoms. The van der Waals surface area contributed by atoms with Crippen molar-refractivity contribution in [3.8, 4) is 11.5 Å². The van der Waals surface area contributed by atoms with Gasteiger partial charge < -0.3 is 9.72 Å². The van der Waals surface area contributed by atoms with Crippen molar-refractivity contribution >= 4 is 84.6 Å². The van der Waals surface area contributed by atoms with E-state index in [0.29, 0.717) is 32.4 Å². The van der Waals surface area contributed by atoms with E-state index in [9.17, 15) is 13.2 Å². The minimum Gasteiger partial charge on any atom is -0.457 e. The first-order valence-electron chi connectivity index (χ1n) is 8.40. The maximum Gasteiger partial charge on any atom is 0.281 e. The zero-order valence-corrected chi connectivity index (χ0v) is 19.7. The first-order chi connectivity index (χ1) is 14.6. The lowest BCUT2D eigenvalue weighted by Crippen LogP contribution is -2.30. The molecule has 0 spiro atoms. The van der Waals surface area contributed by atoms with E-state index in [-0.39, 0.29) is 19.3 Å². The predicted octanol–water partition coefficient (Wildman–Crippen LogP) is 6.75. The van der Waals surface area contributed by atoms with Crippen LogP contribution in [-0.4, -0.2) is 19.3 Å². The van der Waals surface area contributed by atoms with Crippen molar-refractivity contribution in [2.45, 2.75) is 4.21 Å². The SMILES string of the molecule is O=C(NS(=O)(=O)c1cc(Cl)c(Cl)s1)c1cc2cc(Oc3ccc(Cl)c(Cl)c3)ccc2[nH]1. The minimum atomic E-state index is -4.12. The largest absolute Gasteiger partial charge is 0.457 e. The molecule has 4 aromatic rings. The number of sulfonamides is 1. The second kappa shape index (κ2) is 8.54. The molecule has 0 bridgehead atoms. The van der Waals surface area contributed by atoms with Crippen molar-refractivity contribution in [3.05, 3.63) is 73.6 Å². The third kappa shape index (κ3) is 4.79. The fourth-order valence-electron chi connectivity index (χ4n) is 2.66. The lowest BCUT2D eigenvalue weighted by Gasteiger charge is -2.06. The van der Waals surface area contributed by atoms with Crippen LogP contribution in [0.4, 0.5) is 0 Å². The molecule has 160 valence electrons. The number of ether oxygens (including phenoxy) is 1. The summed E-state index contributed by atoms with van der Waals surface area (Å²) < 4.78 is 32.5. The maximum atomic E-state index is 12.5. The van der Waals surface area contributed by atoms with Crippen LogP contribution in [0.2, 0.25) is 19.4 Å². The van der Waals surface area contributed by atoms with Crippen molar-refractivity contribution in [2.24, 2.45) is 0 Å². The van der Waals surface area contributed by atoms with Crippen molar-refractivity contribution < 1.29 is 17.9 Å². The van der Waals surface area contributed by atoms with Gasteiger partial charge in [0.05, 0.1) is 15.1 Å². The lowest BCUT2D eigenvalue weighted by atomic mass is 10.2. The Labute approximate surface area is 200 Å². The molecule has 31 heavy (non-hydrogen) atoms. The van der Waals surface area contributed by atoms with Crippen LogP contribution in [0.25, 0.3) is 10.9 Å². The lowest BCUT2D eigenvalue weighted by molar-refractivity contribution is 0.0977. The van der Waals surface area contributed by atoms with Gasteiger partial charge in [0.25, 0.3) is 15.9 Å². The number of nitrogens with one attached hydrogen (secondary N) is 2. The highest BCUT2D eigenvalue weighted by molar-refractivity contribution is 7.92. The second-order valence-corrected chi connectivity index (χ2v) is 11.0. The summed E-state index contributed by atoms with van der Waals surface area (Å²) in [6.07, 6.45) is 0. The number of aromatic nitrogens is 1. The van der Waals surface area contributed by atoms with E-state index in [1.54, 1.807) is 36.4 Å². The van der Waals surface area contributed by atoms with E-state index >= 15 is 0 Å². The Bertz CT molecular complexity index is 1410. The minimum absolute atomic E-state index is 0.0546. The molecule has 0 saturated carbocycles. The number of amides is 1. The topological polar surface area (TPSA) is 88.3 Å². The molecule has 2 N–H and O–H groups in total. The zero-order chi connectivity index (χ0) is 22.3. The molecule has 6 nitrogen and oxygen atoms in total. The normalized spacial score (nSPS) is 11.6. The van der Waals surface area contributed by atoms with E-state index in [1.807, 2.05) is 4.72 Å². The summed E-state index contributed by atoms with van der Waals surface area (Å²) in [6.45, 7) is 0. The monoisotopic (exact) mass is 534 g/mol. The van der Waals surface area contributed by atoms with Crippen molar-refractivity contribution in [1.82, 2.24) is 9.71 Å². The third-order valence-electron chi connectivity index (χ3n) is 4.08. The second-order valence-electron chi connectivity index (χ2n) is 6.23. The van der Waals surface area contributed by atoms with Crippen LogP contribution in [-0.2, 0) is 10.0 Å². The molecule has 0 atom stereocenters. The smallest absolute Gasteiger partial charge is 0.281 e. The Hall–Kier alpha value is -1.94. The highest BCUT2D eigenvalue weighted by Crippen LogP contribution is 2.34. The summed E-state index contributed by atoms with van der Waals surface area (Å²) in [7, 11) is -4.12. The number of rotatable bonds is 5. The summed E-state index contributed by atoms with van der Waals surface area (Å²) in [6, 6.07) is 12.6. The van der Waals surface area contributed by atoms with Crippen LogP contribution in [0.3, 0.4) is 0 Å². The molecule has 1 amide bonds. The quantitative estimate of drug-likeness (QED) is 0.295. The van der Waals surface area contributed by atoms with E-state index in [1.165, 1.54) is 12.1 Å². The predicted molar refractivity (Wildman–Crippen MR) is 124 cm³/mol. The number of aromatic amines is 1. The van der Waals surface area contributed by atoms with Gasteiger partial charge in [0.2, 0.25) is 0 Å². The van der Waals surface area contributed by atoms with Gasteiger partial charge in [-0.3, -0.25) is 4.79 Å². The number of carbonyl (C=O) groups excluding carboxylic acids is 1. The number of halogens is 4. The molecule has 2 heterocycles. The van der Waals surface area contributed by atoms with Gasteiger partial charge >= 0.3 is 0 Å². The first-order valence-corrected chi connectivity index (χ1v) is 12.2. The van der Waals surface area contributed by atoms with Gasteiger partial charge in [-0.15, -0.1) is 11.3 Å². The molecule has 4 rings (SSSR count). The Balaban J connectivity index is 1.56. The number of thiophene rings is 1. The van der Waals surface area contributed by atoms with Crippen LogP contribution >= 0.6 is 57.7 Å². The van der Waals surface area contributed by atoms with Crippen LogP contribution in [0.1, 0.15) is 10.5 Å². The van der Waals surface area contributed by atoms with Gasteiger partial charge in [-0.2, -0.15) is 0 Å². The van der Waals surface area contributed by atoms with Crippen molar-refractivity contribution in [3.63, 3.8) is 0 Å². The molecule has 0 fully saturated rings. The molecule has 2 aromatic heterocycles. The van der Waals surface area contributed by atoms with Crippen molar-refractivity contribution in [1.29, 1.82) is 0 Å². The number of hydrogen-bond donors (Lipinski definition) is 2. The summed E-state index contributed by atoms with van der Waals surface area (Å²) >= 11 is 24.3. The molecule has 0 aliphatic rings. The highest BCUT2D eigenvalue weighted by Gasteiger charge is 2.23. The van der Waals surface area contributed by atoms with E-state index in [0.717, 1.165) is 11.3 Å². The number of benzene rings is 2. The van der Waals surface area contributed by atoms with E-state index in [2.05, 4.69) is 4.98 Å². The molecule has 0 unspecified atom stereocenters. The van der Waals surface area contributed by atoms with Gasteiger partial charge in [0.15, 0.2) is 0 Å². The molecule has 0 aliphatic heterocycles. The number of carbonyl (C=O) groups is 1. The standard InChI is InChI=1S/C19H10Cl4N2O4S2/c20-12-3-1-11(7-13(12)21)29-10-2-4-15-9(5-10)6-16(24-15)19(26)25-31(27,28)17-8-14(22)18(23)30-17/h1-8,24H,(H,25,26). The average molecular weight is 536 g/mol. The van der Waals surface area contributed by atoms with Gasteiger partial charge in [0.1, 0.15) is 25.7 Å². The van der Waals surface area contributed by atoms with E-state index in [4.69, 9.17) is 51.1 Å².